The van der Waals surface area contributed by atoms with Crippen molar-refractivity contribution in [2.75, 3.05) is 38.6 Å². The number of hydrogen-bond acceptors (Lipinski definition) is 6. The van der Waals surface area contributed by atoms with Crippen molar-refractivity contribution in [2.45, 2.75) is 16.9 Å². The minimum Gasteiger partial charge on any atom is -0.379 e. The summed E-state index contributed by atoms with van der Waals surface area (Å²) in [5.74, 6) is 0.124. The molecule has 0 aliphatic carbocycles. The maximum Gasteiger partial charge on any atom is 0.178 e. The average molecular weight is 311 g/mol. The van der Waals surface area contributed by atoms with Crippen molar-refractivity contribution in [1.29, 1.82) is 0 Å². The van der Waals surface area contributed by atoms with Crippen LogP contribution in [0.1, 0.15) is 12.0 Å². The molecule has 2 aliphatic rings. The number of rotatable bonds is 3. The molecule has 2 heterocycles. The lowest BCUT2D eigenvalue weighted by molar-refractivity contribution is -0.0143. The lowest BCUT2D eigenvalue weighted by atomic mass is 9.87. The summed E-state index contributed by atoms with van der Waals surface area (Å²) in [7, 11) is -3.20. The number of nitrogens with two attached hydrogens (primary N) is 1. The van der Waals surface area contributed by atoms with Crippen LogP contribution in [0.15, 0.2) is 29.2 Å². The van der Waals surface area contributed by atoms with Crippen molar-refractivity contribution < 1.29 is 13.2 Å². The molecule has 0 amide bonds. The topological polar surface area (TPSA) is 84.7 Å². The molecule has 0 radical (unpaired) electrons. The Morgan fingerprint density at radius 3 is 2.71 bits per heavy atom. The van der Waals surface area contributed by atoms with Crippen LogP contribution in [0.3, 0.4) is 0 Å². The van der Waals surface area contributed by atoms with Gasteiger partial charge in [0.2, 0.25) is 0 Å². The van der Waals surface area contributed by atoms with Gasteiger partial charge in [0.25, 0.3) is 0 Å². The molecule has 1 saturated heterocycles. The monoisotopic (exact) mass is 311 g/mol. The second-order valence-electron chi connectivity index (χ2n) is 5.56. The first-order valence-corrected chi connectivity index (χ1v) is 8.85. The van der Waals surface area contributed by atoms with Gasteiger partial charge in [0.1, 0.15) is 0 Å². The number of morpholine rings is 1. The van der Waals surface area contributed by atoms with E-state index in [0.29, 0.717) is 31.1 Å². The zero-order valence-electron chi connectivity index (χ0n) is 11.9. The van der Waals surface area contributed by atoms with E-state index in [9.17, 15) is 8.42 Å². The maximum absolute atomic E-state index is 12.3. The fraction of sp³-hybridized carbons (Fsp3) is 0.571. The van der Waals surface area contributed by atoms with Crippen molar-refractivity contribution in [1.82, 2.24) is 10.4 Å². The first kappa shape index (κ1) is 14.9. The molecule has 2 aliphatic heterocycles. The van der Waals surface area contributed by atoms with Crippen LogP contribution >= 0.6 is 0 Å². The van der Waals surface area contributed by atoms with Crippen molar-refractivity contribution in [2.24, 2.45) is 5.73 Å². The van der Waals surface area contributed by atoms with Gasteiger partial charge in [-0.3, -0.25) is 0 Å². The molecule has 3 rings (SSSR count). The van der Waals surface area contributed by atoms with Crippen molar-refractivity contribution in [3.8, 4) is 0 Å². The third-order valence-corrected chi connectivity index (χ3v) is 6.03. The molecule has 116 valence electrons. The van der Waals surface area contributed by atoms with Crippen LogP contribution in [0.2, 0.25) is 0 Å². The molecule has 7 heteroatoms. The second kappa shape index (κ2) is 5.66. The van der Waals surface area contributed by atoms with Gasteiger partial charge in [-0.15, -0.1) is 0 Å². The minimum absolute atomic E-state index is 0.124. The van der Waals surface area contributed by atoms with E-state index < -0.39 is 15.4 Å². The van der Waals surface area contributed by atoms with Gasteiger partial charge in [0.15, 0.2) is 9.84 Å². The number of hydrogen-bond donors (Lipinski definition) is 2. The fourth-order valence-corrected chi connectivity index (χ4v) is 4.76. The SMILES string of the molecule is NCC1(NN2CCOCC2)CCS(=O)(=O)c2ccccc21. The fourth-order valence-electron chi connectivity index (χ4n) is 3.04. The molecule has 6 nitrogen and oxygen atoms in total. The van der Waals surface area contributed by atoms with Crippen molar-refractivity contribution in [3.05, 3.63) is 29.8 Å². The van der Waals surface area contributed by atoms with Crippen LogP contribution in [0, 0.1) is 0 Å². The third-order valence-electron chi connectivity index (χ3n) is 4.27. The molecule has 0 saturated carbocycles. The van der Waals surface area contributed by atoms with Crippen molar-refractivity contribution in [3.63, 3.8) is 0 Å². The van der Waals surface area contributed by atoms with E-state index in [4.69, 9.17) is 10.5 Å². The van der Waals surface area contributed by atoms with Gasteiger partial charge in [-0.2, -0.15) is 0 Å². The van der Waals surface area contributed by atoms with Crippen LogP contribution < -0.4 is 11.2 Å². The largest absolute Gasteiger partial charge is 0.379 e. The second-order valence-corrected chi connectivity index (χ2v) is 7.64. The summed E-state index contributed by atoms with van der Waals surface area (Å²) in [6.07, 6.45) is 0.486. The minimum atomic E-state index is -3.20. The molecular weight excluding hydrogens is 290 g/mol. The first-order chi connectivity index (χ1) is 10.1. The Kier molecular flexibility index (Phi) is 4.02. The number of benzene rings is 1. The number of nitrogens with zero attached hydrogens (tertiary/aromatic N) is 1. The summed E-state index contributed by atoms with van der Waals surface area (Å²) in [5.41, 5.74) is 9.79. The summed E-state index contributed by atoms with van der Waals surface area (Å²) >= 11 is 0. The summed E-state index contributed by atoms with van der Waals surface area (Å²) in [6, 6.07) is 7.17. The standard InChI is InChI=1S/C14H21N3O3S/c15-11-14(16-17-6-8-20-9-7-17)5-10-21(18,19)13-4-2-1-3-12(13)14/h1-4,16H,5-11,15H2. The van der Waals surface area contributed by atoms with Gasteiger partial charge in [-0.25, -0.2) is 18.9 Å². The normalized spacial score (nSPS) is 29.0. The van der Waals surface area contributed by atoms with E-state index in [1.54, 1.807) is 12.1 Å². The van der Waals surface area contributed by atoms with Crippen LogP contribution in [-0.2, 0) is 20.1 Å². The third kappa shape index (κ3) is 2.72. The van der Waals surface area contributed by atoms with Gasteiger partial charge >= 0.3 is 0 Å². The molecule has 1 fully saturated rings. The Labute approximate surface area is 125 Å². The Bertz CT molecular complexity index is 614. The Hall–Kier alpha value is -0.990. The maximum atomic E-state index is 12.3. The molecule has 1 aromatic carbocycles. The quantitative estimate of drug-likeness (QED) is 0.808. The van der Waals surface area contributed by atoms with E-state index >= 15 is 0 Å². The highest BCUT2D eigenvalue weighted by Crippen LogP contribution is 2.36. The van der Waals surface area contributed by atoms with Gasteiger partial charge in [0, 0.05) is 19.6 Å². The van der Waals surface area contributed by atoms with Crippen LogP contribution in [-0.4, -0.2) is 52.0 Å². The summed E-state index contributed by atoms with van der Waals surface area (Å²) in [5, 5.41) is 2.09. The van der Waals surface area contributed by atoms with E-state index in [1.807, 2.05) is 12.1 Å². The number of fused-ring (bicyclic) bond motifs is 1. The molecule has 1 unspecified atom stereocenters. The predicted molar refractivity (Wildman–Crippen MR) is 79.4 cm³/mol. The van der Waals surface area contributed by atoms with E-state index in [0.717, 1.165) is 18.7 Å². The van der Waals surface area contributed by atoms with Gasteiger partial charge in [-0.05, 0) is 18.1 Å². The summed E-state index contributed by atoms with van der Waals surface area (Å²) in [4.78, 5) is 0.405. The highest BCUT2D eigenvalue weighted by molar-refractivity contribution is 7.91. The van der Waals surface area contributed by atoms with Crippen LogP contribution in [0.25, 0.3) is 0 Å². The molecule has 3 N–H and O–H groups in total. The van der Waals surface area contributed by atoms with Gasteiger partial charge < -0.3 is 10.5 Å². The highest BCUT2D eigenvalue weighted by atomic mass is 32.2. The number of sulfone groups is 1. The van der Waals surface area contributed by atoms with E-state index in [1.165, 1.54) is 0 Å². The molecule has 0 bridgehead atoms. The van der Waals surface area contributed by atoms with Crippen LogP contribution in [0.4, 0.5) is 0 Å². The Balaban J connectivity index is 1.98. The molecule has 1 aromatic rings. The molecular formula is C14H21N3O3S. The lowest BCUT2D eigenvalue weighted by Crippen LogP contribution is -2.60. The highest BCUT2D eigenvalue weighted by Gasteiger charge is 2.42. The number of hydrazine groups is 1. The van der Waals surface area contributed by atoms with Crippen molar-refractivity contribution >= 4 is 9.84 Å². The van der Waals surface area contributed by atoms with Gasteiger partial charge in [0.05, 0.1) is 29.4 Å². The Morgan fingerprint density at radius 2 is 2.00 bits per heavy atom. The first-order valence-electron chi connectivity index (χ1n) is 7.20. The number of ether oxygens (including phenoxy) is 1. The zero-order chi connectivity index (χ0) is 14.9. The van der Waals surface area contributed by atoms with Gasteiger partial charge in [-0.1, -0.05) is 18.2 Å². The number of nitrogens with one attached hydrogen (secondary N) is 1. The molecule has 21 heavy (non-hydrogen) atoms. The summed E-state index contributed by atoms with van der Waals surface area (Å²) < 4.78 is 29.9. The average Bonchev–Trinajstić information content (AvgIpc) is 2.52. The predicted octanol–water partition coefficient (Wildman–Crippen LogP) is -0.145. The smallest absolute Gasteiger partial charge is 0.178 e. The molecule has 1 atom stereocenters. The molecule has 0 aromatic heterocycles. The summed E-state index contributed by atoms with van der Waals surface area (Å²) in [6.45, 7) is 3.26. The zero-order valence-corrected chi connectivity index (χ0v) is 12.7. The Morgan fingerprint density at radius 1 is 1.29 bits per heavy atom. The van der Waals surface area contributed by atoms with Crippen LogP contribution in [0.5, 0.6) is 0 Å². The van der Waals surface area contributed by atoms with E-state index in [-0.39, 0.29) is 5.75 Å². The molecule has 0 spiro atoms. The lowest BCUT2D eigenvalue weighted by Gasteiger charge is -2.43. The van der Waals surface area contributed by atoms with E-state index in [2.05, 4.69) is 10.4 Å².